The van der Waals surface area contributed by atoms with Crippen LogP contribution in [0.5, 0.6) is 0 Å². The summed E-state index contributed by atoms with van der Waals surface area (Å²) < 4.78 is 21.6. The van der Waals surface area contributed by atoms with Crippen LogP contribution < -0.4 is 10.7 Å². The summed E-state index contributed by atoms with van der Waals surface area (Å²) in [4.78, 5) is 0. The smallest absolute Gasteiger partial charge is 0.210 e. The SMILES string of the molecule is [B]c1ccnn1S(N)(=O)=O. The molecule has 0 amide bonds. The summed E-state index contributed by atoms with van der Waals surface area (Å²) in [5.41, 5.74) is 0.00231. The molecule has 2 radical (unpaired) electrons. The van der Waals surface area contributed by atoms with E-state index in [0.717, 1.165) is 0 Å². The minimum absolute atomic E-state index is 0.00231. The highest BCUT2D eigenvalue weighted by molar-refractivity contribution is 7.87. The normalized spacial score (nSPS) is 11.7. The first kappa shape index (κ1) is 7.29. The Hall–Kier alpha value is -0.815. The van der Waals surface area contributed by atoms with Crippen LogP contribution in [0.2, 0.25) is 0 Å². The van der Waals surface area contributed by atoms with E-state index in [1.165, 1.54) is 12.3 Å². The predicted molar refractivity (Wildman–Crippen MR) is 36.1 cm³/mol. The van der Waals surface area contributed by atoms with Gasteiger partial charge in [-0.05, 0) is 6.07 Å². The fourth-order valence-corrected chi connectivity index (χ4v) is 1.05. The molecule has 52 valence electrons. The lowest BCUT2D eigenvalue weighted by Gasteiger charge is -1.97. The van der Waals surface area contributed by atoms with Crippen molar-refractivity contribution in [2.45, 2.75) is 0 Å². The molecule has 7 heteroatoms. The number of hydrogen-bond donors (Lipinski definition) is 1. The number of aromatic nitrogens is 2. The zero-order valence-electron chi connectivity index (χ0n) is 4.93. The minimum Gasteiger partial charge on any atom is -0.210 e. The molecule has 1 aromatic heterocycles. The summed E-state index contributed by atoms with van der Waals surface area (Å²) in [6.45, 7) is 0. The molecular formula is C3H4BN3O2S. The van der Waals surface area contributed by atoms with Gasteiger partial charge in [0.05, 0.1) is 0 Å². The third-order valence-electron chi connectivity index (χ3n) is 0.879. The molecule has 0 aromatic carbocycles. The van der Waals surface area contributed by atoms with Gasteiger partial charge in [0.25, 0.3) is 0 Å². The van der Waals surface area contributed by atoms with Crippen LogP contribution in [0.4, 0.5) is 0 Å². The van der Waals surface area contributed by atoms with Crippen LogP contribution in [-0.4, -0.2) is 25.4 Å². The number of hydrogen-bond acceptors (Lipinski definition) is 3. The van der Waals surface area contributed by atoms with E-state index < -0.39 is 10.2 Å². The van der Waals surface area contributed by atoms with Crippen molar-refractivity contribution in [3.8, 4) is 0 Å². The second-order valence-electron chi connectivity index (χ2n) is 1.64. The monoisotopic (exact) mass is 157 g/mol. The minimum atomic E-state index is -3.81. The summed E-state index contributed by atoms with van der Waals surface area (Å²) in [5, 5.41) is 8.06. The highest BCUT2D eigenvalue weighted by Crippen LogP contribution is 1.81. The van der Waals surface area contributed by atoms with Crippen molar-refractivity contribution in [1.29, 1.82) is 0 Å². The highest BCUT2D eigenvalue weighted by Gasteiger charge is 2.06. The fraction of sp³-hybridized carbons (Fsp3) is 0. The van der Waals surface area contributed by atoms with Crippen LogP contribution in [0.3, 0.4) is 0 Å². The lowest BCUT2D eigenvalue weighted by Crippen LogP contribution is -2.31. The zero-order valence-corrected chi connectivity index (χ0v) is 5.75. The molecule has 5 nitrogen and oxygen atoms in total. The summed E-state index contributed by atoms with van der Waals surface area (Å²) in [7, 11) is 1.36. The maximum atomic E-state index is 10.5. The zero-order chi connectivity index (χ0) is 7.78. The van der Waals surface area contributed by atoms with Crippen LogP contribution in [0, 0.1) is 0 Å². The Labute approximate surface area is 59.4 Å². The van der Waals surface area contributed by atoms with Gasteiger partial charge in [-0.25, -0.2) is 5.14 Å². The van der Waals surface area contributed by atoms with E-state index in [0.29, 0.717) is 4.09 Å². The fourth-order valence-electron chi connectivity index (χ4n) is 0.513. The Morgan fingerprint density at radius 2 is 2.30 bits per heavy atom. The van der Waals surface area contributed by atoms with Gasteiger partial charge in [-0.3, -0.25) is 0 Å². The Morgan fingerprint density at radius 3 is 2.50 bits per heavy atom. The third kappa shape index (κ3) is 1.19. The predicted octanol–water partition coefficient (Wildman–Crippen LogP) is -2.27. The van der Waals surface area contributed by atoms with Gasteiger partial charge in [0.1, 0.15) is 7.85 Å². The molecule has 0 unspecified atom stereocenters. The van der Waals surface area contributed by atoms with Crippen LogP contribution in [0.25, 0.3) is 0 Å². The van der Waals surface area contributed by atoms with E-state index in [1.807, 2.05) is 0 Å². The van der Waals surface area contributed by atoms with E-state index in [4.69, 9.17) is 13.0 Å². The lowest BCUT2D eigenvalue weighted by molar-refractivity contribution is 0.583. The summed E-state index contributed by atoms with van der Waals surface area (Å²) in [6, 6.07) is 1.34. The third-order valence-corrected chi connectivity index (χ3v) is 1.67. The maximum Gasteiger partial charge on any atom is 0.317 e. The second kappa shape index (κ2) is 2.10. The van der Waals surface area contributed by atoms with Crippen LogP contribution in [0.15, 0.2) is 12.3 Å². The van der Waals surface area contributed by atoms with Gasteiger partial charge >= 0.3 is 10.2 Å². The van der Waals surface area contributed by atoms with Crippen LogP contribution >= 0.6 is 0 Å². The van der Waals surface area contributed by atoms with Crippen molar-refractivity contribution in [1.82, 2.24) is 9.19 Å². The quantitative estimate of drug-likeness (QED) is 0.466. The molecule has 0 aliphatic heterocycles. The number of nitrogens with zero attached hydrogens (tertiary/aromatic N) is 2. The van der Waals surface area contributed by atoms with Gasteiger partial charge in [-0.15, -0.1) is 0 Å². The van der Waals surface area contributed by atoms with Crippen molar-refractivity contribution in [3.63, 3.8) is 0 Å². The average molecular weight is 157 g/mol. The van der Waals surface area contributed by atoms with E-state index in [-0.39, 0.29) is 5.59 Å². The lowest BCUT2D eigenvalue weighted by atomic mass is 10.1. The number of rotatable bonds is 1. The Bertz CT molecular complexity index is 329. The molecule has 0 saturated heterocycles. The molecule has 0 aliphatic carbocycles. The molecule has 0 atom stereocenters. The first-order valence-electron chi connectivity index (χ1n) is 2.34. The Morgan fingerprint density at radius 1 is 1.70 bits per heavy atom. The van der Waals surface area contributed by atoms with E-state index in [2.05, 4.69) is 5.10 Å². The topological polar surface area (TPSA) is 78.0 Å². The van der Waals surface area contributed by atoms with Gasteiger partial charge in [0.2, 0.25) is 0 Å². The summed E-state index contributed by atoms with van der Waals surface area (Å²) >= 11 is 0. The molecule has 1 aromatic rings. The van der Waals surface area contributed by atoms with Crippen molar-refractivity contribution < 1.29 is 8.42 Å². The van der Waals surface area contributed by atoms with Gasteiger partial charge < -0.3 is 0 Å². The second-order valence-corrected chi connectivity index (χ2v) is 3.02. The van der Waals surface area contributed by atoms with E-state index in [9.17, 15) is 8.42 Å². The van der Waals surface area contributed by atoms with E-state index in [1.54, 1.807) is 0 Å². The molecule has 0 bridgehead atoms. The average Bonchev–Trinajstić information content (AvgIpc) is 2.11. The van der Waals surface area contributed by atoms with Gasteiger partial charge in [0.15, 0.2) is 0 Å². The molecule has 10 heavy (non-hydrogen) atoms. The molecule has 0 fully saturated rings. The molecule has 1 rings (SSSR count). The maximum absolute atomic E-state index is 10.5. The van der Waals surface area contributed by atoms with Crippen LogP contribution in [0.1, 0.15) is 0 Å². The van der Waals surface area contributed by atoms with Crippen molar-refractivity contribution in [3.05, 3.63) is 12.3 Å². The Balaban J connectivity index is 3.32. The summed E-state index contributed by atoms with van der Waals surface area (Å²) in [6.07, 6.45) is 1.25. The Kier molecular flexibility index (Phi) is 1.53. The summed E-state index contributed by atoms with van der Waals surface area (Å²) in [5.74, 6) is 0. The van der Waals surface area contributed by atoms with Gasteiger partial charge in [-0.1, -0.05) is 0 Å². The van der Waals surface area contributed by atoms with Crippen molar-refractivity contribution >= 4 is 23.6 Å². The van der Waals surface area contributed by atoms with Crippen molar-refractivity contribution in [2.75, 3.05) is 0 Å². The first-order valence-corrected chi connectivity index (χ1v) is 3.85. The molecule has 0 saturated carbocycles. The van der Waals surface area contributed by atoms with Gasteiger partial charge in [-0.2, -0.15) is 17.6 Å². The standard InChI is InChI=1S/C3H4BN3O2S/c4-3-1-2-6-7(3)10(5,8)9/h1-2H,(H2,5,8,9). The van der Waals surface area contributed by atoms with Crippen LogP contribution in [-0.2, 0) is 10.2 Å². The largest absolute Gasteiger partial charge is 0.317 e. The van der Waals surface area contributed by atoms with Gasteiger partial charge in [0, 0.05) is 11.8 Å². The molecule has 2 N–H and O–H groups in total. The highest BCUT2D eigenvalue weighted by atomic mass is 32.2. The first-order chi connectivity index (χ1) is 4.52. The van der Waals surface area contributed by atoms with E-state index >= 15 is 0 Å². The van der Waals surface area contributed by atoms with Crippen molar-refractivity contribution in [2.24, 2.45) is 5.14 Å². The number of nitrogens with two attached hydrogens (primary N) is 1. The molecular weight excluding hydrogens is 153 g/mol. The molecule has 1 heterocycles. The molecule has 0 aliphatic rings. The molecule has 0 spiro atoms.